The maximum Gasteiger partial charge on any atom is 0.225 e. The molecule has 33 heavy (non-hydrogen) atoms. The van der Waals surface area contributed by atoms with Gasteiger partial charge in [-0.25, -0.2) is 9.97 Å². The average Bonchev–Trinajstić information content (AvgIpc) is 3.39. The number of anilines is 1. The predicted octanol–water partition coefficient (Wildman–Crippen LogP) is 4.88. The number of rotatable bonds is 4. The second kappa shape index (κ2) is 7.51. The van der Waals surface area contributed by atoms with Gasteiger partial charge in [0.2, 0.25) is 5.91 Å². The highest BCUT2D eigenvalue weighted by atomic mass is 16.5. The monoisotopic (exact) mass is 442 g/mol. The molecule has 4 aromatic rings. The number of ether oxygens (including phenoxy) is 3. The van der Waals surface area contributed by atoms with Gasteiger partial charge in [-0.15, -0.1) is 0 Å². The third kappa shape index (κ3) is 3.34. The quantitative estimate of drug-likeness (QED) is 0.467. The van der Waals surface area contributed by atoms with Crippen molar-refractivity contribution in [3.63, 3.8) is 0 Å². The van der Waals surface area contributed by atoms with Gasteiger partial charge >= 0.3 is 0 Å². The van der Waals surface area contributed by atoms with Crippen LogP contribution in [0.2, 0.25) is 0 Å². The minimum absolute atomic E-state index is 0.0225. The Kier molecular flexibility index (Phi) is 4.46. The average molecular weight is 442 g/mol. The Morgan fingerprint density at radius 2 is 1.97 bits per heavy atom. The first-order valence-corrected chi connectivity index (χ1v) is 10.9. The van der Waals surface area contributed by atoms with E-state index in [9.17, 15) is 4.79 Å². The van der Waals surface area contributed by atoms with Gasteiger partial charge in [0.15, 0.2) is 6.10 Å². The zero-order valence-electron chi connectivity index (χ0n) is 18.2. The number of benzene rings is 2. The lowest BCUT2D eigenvalue weighted by Gasteiger charge is -2.19. The summed E-state index contributed by atoms with van der Waals surface area (Å²) in [6.45, 7) is 2.12. The van der Waals surface area contributed by atoms with E-state index in [2.05, 4.69) is 22.2 Å². The molecule has 0 radical (unpaired) electrons. The second-order valence-corrected chi connectivity index (χ2v) is 8.32. The molecule has 0 spiro atoms. The summed E-state index contributed by atoms with van der Waals surface area (Å²) in [6, 6.07) is 13.4. The number of pyridine rings is 1. The molecule has 2 atom stereocenters. The minimum Gasteiger partial charge on any atom is -0.497 e. The first-order chi connectivity index (χ1) is 16.1. The fraction of sp³-hybridized carbons (Fsp3) is 0.240. The molecule has 2 N–H and O–H groups in total. The predicted molar refractivity (Wildman–Crippen MR) is 122 cm³/mol. The van der Waals surface area contributed by atoms with Crippen molar-refractivity contribution in [2.45, 2.75) is 31.8 Å². The summed E-state index contributed by atoms with van der Waals surface area (Å²) in [5.41, 5.74) is 3.76. The highest BCUT2D eigenvalue weighted by Crippen LogP contribution is 2.47. The number of fused-ring (bicyclic) bond motifs is 3. The third-order valence-electron chi connectivity index (χ3n) is 6.26. The van der Waals surface area contributed by atoms with E-state index in [0.717, 1.165) is 39.5 Å². The number of H-pyrrole nitrogens is 1. The van der Waals surface area contributed by atoms with Gasteiger partial charge in [0.05, 0.1) is 18.1 Å². The number of hydrogen-bond acceptors (Lipinski definition) is 6. The zero-order chi connectivity index (χ0) is 22.5. The number of methoxy groups -OCH3 is 1. The Hall–Kier alpha value is -4.07. The second-order valence-electron chi connectivity index (χ2n) is 8.32. The molecule has 0 fully saturated rings. The van der Waals surface area contributed by atoms with E-state index in [1.54, 1.807) is 13.3 Å². The third-order valence-corrected chi connectivity index (χ3v) is 6.26. The SMILES string of the molecule is COc1ccc2nc(C3Oc4ccc(Oc5ccnc6c5CCC(=O)N6)cc4C3C)[nH]c2c1. The molecule has 6 rings (SSSR count). The van der Waals surface area contributed by atoms with Crippen LogP contribution in [0.25, 0.3) is 11.0 Å². The molecule has 2 unspecified atom stereocenters. The Morgan fingerprint density at radius 1 is 1.09 bits per heavy atom. The van der Waals surface area contributed by atoms with Crippen molar-refractivity contribution in [1.29, 1.82) is 0 Å². The van der Waals surface area contributed by atoms with Crippen molar-refractivity contribution >= 4 is 22.8 Å². The van der Waals surface area contributed by atoms with Crippen LogP contribution in [0, 0.1) is 0 Å². The van der Waals surface area contributed by atoms with Crippen molar-refractivity contribution in [1.82, 2.24) is 15.0 Å². The molecule has 4 heterocycles. The number of hydrogen-bond donors (Lipinski definition) is 2. The Balaban J connectivity index is 1.27. The van der Waals surface area contributed by atoms with Crippen LogP contribution < -0.4 is 19.5 Å². The summed E-state index contributed by atoms with van der Waals surface area (Å²) in [5.74, 6) is 4.43. The van der Waals surface area contributed by atoms with E-state index >= 15 is 0 Å². The molecule has 166 valence electrons. The van der Waals surface area contributed by atoms with E-state index in [1.165, 1.54) is 0 Å². The van der Waals surface area contributed by atoms with Gasteiger partial charge in [0.25, 0.3) is 0 Å². The molecule has 2 aliphatic rings. The van der Waals surface area contributed by atoms with E-state index in [0.29, 0.717) is 30.2 Å². The topological polar surface area (TPSA) is 98.4 Å². The lowest BCUT2D eigenvalue weighted by molar-refractivity contribution is -0.116. The molecule has 0 saturated carbocycles. The molecule has 1 amide bonds. The molecule has 2 aromatic carbocycles. The molecule has 2 aliphatic heterocycles. The lowest BCUT2D eigenvalue weighted by atomic mass is 9.97. The van der Waals surface area contributed by atoms with Gasteiger partial charge < -0.3 is 24.5 Å². The summed E-state index contributed by atoms with van der Waals surface area (Å²) < 4.78 is 17.8. The number of nitrogens with one attached hydrogen (secondary N) is 2. The summed E-state index contributed by atoms with van der Waals surface area (Å²) in [4.78, 5) is 24.1. The van der Waals surface area contributed by atoms with Crippen molar-refractivity contribution in [2.24, 2.45) is 0 Å². The van der Waals surface area contributed by atoms with Crippen LogP contribution >= 0.6 is 0 Å². The van der Waals surface area contributed by atoms with Crippen LogP contribution in [0.15, 0.2) is 48.7 Å². The lowest BCUT2D eigenvalue weighted by Crippen LogP contribution is -2.20. The summed E-state index contributed by atoms with van der Waals surface area (Å²) in [6.07, 6.45) is 2.45. The zero-order valence-corrected chi connectivity index (χ0v) is 18.2. The molecular formula is C25H22N4O4. The fourth-order valence-corrected chi connectivity index (χ4v) is 4.50. The van der Waals surface area contributed by atoms with Crippen LogP contribution in [-0.4, -0.2) is 28.0 Å². The van der Waals surface area contributed by atoms with Gasteiger partial charge in [-0.3, -0.25) is 4.79 Å². The van der Waals surface area contributed by atoms with E-state index in [-0.39, 0.29) is 17.9 Å². The van der Waals surface area contributed by atoms with E-state index in [4.69, 9.17) is 19.2 Å². The van der Waals surface area contributed by atoms with E-state index in [1.807, 2.05) is 42.5 Å². The summed E-state index contributed by atoms with van der Waals surface area (Å²) >= 11 is 0. The molecule has 2 aromatic heterocycles. The van der Waals surface area contributed by atoms with Crippen molar-refractivity contribution in [3.05, 3.63) is 65.6 Å². The van der Waals surface area contributed by atoms with Crippen molar-refractivity contribution in [3.8, 4) is 23.0 Å². The van der Waals surface area contributed by atoms with Gasteiger partial charge in [0.1, 0.15) is 34.6 Å². The summed E-state index contributed by atoms with van der Waals surface area (Å²) in [7, 11) is 1.65. The number of aromatic amines is 1. The Labute approximate surface area is 189 Å². The van der Waals surface area contributed by atoms with Gasteiger partial charge in [-0.2, -0.15) is 0 Å². The van der Waals surface area contributed by atoms with Crippen LogP contribution in [0.5, 0.6) is 23.0 Å². The highest BCUT2D eigenvalue weighted by Gasteiger charge is 2.35. The van der Waals surface area contributed by atoms with Gasteiger partial charge in [-0.1, -0.05) is 6.92 Å². The molecular weight excluding hydrogens is 420 g/mol. The largest absolute Gasteiger partial charge is 0.497 e. The smallest absolute Gasteiger partial charge is 0.225 e. The highest BCUT2D eigenvalue weighted by molar-refractivity contribution is 5.93. The first-order valence-electron chi connectivity index (χ1n) is 10.9. The maximum absolute atomic E-state index is 11.7. The number of aromatic nitrogens is 3. The van der Waals surface area contributed by atoms with Gasteiger partial charge in [0, 0.05) is 35.7 Å². The Morgan fingerprint density at radius 3 is 2.85 bits per heavy atom. The minimum atomic E-state index is -0.224. The van der Waals surface area contributed by atoms with Crippen molar-refractivity contribution in [2.75, 3.05) is 12.4 Å². The molecule has 8 heteroatoms. The summed E-state index contributed by atoms with van der Waals surface area (Å²) in [5, 5.41) is 2.81. The van der Waals surface area contributed by atoms with Crippen LogP contribution in [0.4, 0.5) is 5.82 Å². The Bertz CT molecular complexity index is 1400. The number of carbonyl (C=O) groups is 1. The maximum atomic E-state index is 11.7. The number of amides is 1. The van der Waals surface area contributed by atoms with Crippen LogP contribution in [0.1, 0.15) is 42.3 Å². The standard InChI is InChI=1S/C25H22N4O4/c1-13-17-11-15(32-21-9-10-26-24-16(21)5-8-22(30)29-24)4-7-20(17)33-23(13)25-27-18-6-3-14(31-2)12-19(18)28-25/h3-4,6-7,9-13,23H,5,8H2,1-2H3,(H,27,28)(H,26,29,30). The van der Waals surface area contributed by atoms with Crippen LogP contribution in [0.3, 0.4) is 0 Å². The van der Waals surface area contributed by atoms with Gasteiger partial charge in [-0.05, 0) is 42.8 Å². The number of imidazole rings is 1. The fourth-order valence-electron chi connectivity index (χ4n) is 4.50. The molecule has 0 saturated heterocycles. The first kappa shape index (κ1) is 19.6. The van der Waals surface area contributed by atoms with E-state index < -0.39 is 0 Å². The number of carbonyl (C=O) groups excluding carboxylic acids is 1. The normalized spacial score (nSPS) is 18.9. The molecule has 8 nitrogen and oxygen atoms in total. The molecule has 0 aliphatic carbocycles. The van der Waals surface area contributed by atoms with Crippen molar-refractivity contribution < 1.29 is 19.0 Å². The molecule has 0 bridgehead atoms. The number of nitrogens with zero attached hydrogens (tertiary/aromatic N) is 2. The van der Waals surface area contributed by atoms with Crippen LogP contribution in [-0.2, 0) is 11.2 Å².